The monoisotopic (exact) mass is 283 g/mol. The van der Waals surface area contributed by atoms with Crippen molar-refractivity contribution in [3.63, 3.8) is 0 Å². The van der Waals surface area contributed by atoms with Crippen LogP contribution in [0.2, 0.25) is 5.02 Å². The van der Waals surface area contributed by atoms with Crippen LogP contribution in [0.5, 0.6) is 0 Å². The predicted octanol–water partition coefficient (Wildman–Crippen LogP) is 4.20. The second-order valence-corrected chi connectivity index (χ2v) is 4.69. The minimum absolute atomic E-state index is 0.0930. The molecule has 0 saturated heterocycles. The van der Waals surface area contributed by atoms with Crippen LogP contribution in [0.4, 0.5) is 5.69 Å². The van der Waals surface area contributed by atoms with Gasteiger partial charge in [-0.25, -0.2) is 0 Å². The average molecular weight is 284 g/mol. The summed E-state index contributed by atoms with van der Waals surface area (Å²) >= 11 is 5.80. The first kappa shape index (κ1) is 12.6. The summed E-state index contributed by atoms with van der Waals surface area (Å²) in [6.45, 7) is 0. The van der Waals surface area contributed by atoms with Gasteiger partial charge in [0.1, 0.15) is 11.8 Å². The molecule has 1 aromatic heterocycles. The summed E-state index contributed by atoms with van der Waals surface area (Å²) in [4.78, 5) is 16.5. The first-order valence-electron chi connectivity index (χ1n) is 6.04. The summed E-state index contributed by atoms with van der Waals surface area (Å²) in [5.74, 6) is 0. The number of fused-ring (bicyclic) bond motifs is 1. The van der Waals surface area contributed by atoms with Crippen molar-refractivity contribution in [2.75, 3.05) is 0 Å². The third-order valence-corrected chi connectivity index (χ3v) is 3.14. The third-order valence-electron chi connectivity index (χ3n) is 2.89. The van der Waals surface area contributed by atoms with Crippen molar-refractivity contribution in [2.24, 2.45) is 4.99 Å². The van der Waals surface area contributed by atoms with Crippen LogP contribution < -0.4 is 5.43 Å². The summed E-state index contributed by atoms with van der Waals surface area (Å²) < 4.78 is 5.42. The molecular formula is C16H10ClNO2. The molecule has 0 aliphatic carbocycles. The largest absolute Gasteiger partial charge is 0.463 e. The number of para-hydroxylation sites is 1. The van der Waals surface area contributed by atoms with Crippen molar-refractivity contribution >= 4 is 34.5 Å². The molecule has 20 heavy (non-hydrogen) atoms. The zero-order valence-corrected chi connectivity index (χ0v) is 11.2. The molecule has 0 saturated carbocycles. The van der Waals surface area contributed by atoms with E-state index in [0.717, 1.165) is 5.69 Å². The maximum Gasteiger partial charge on any atom is 0.201 e. The van der Waals surface area contributed by atoms with Crippen molar-refractivity contribution in [3.8, 4) is 0 Å². The fourth-order valence-corrected chi connectivity index (χ4v) is 1.98. The highest BCUT2D eigenvalue weighted by Crippen LogP contribution is 2.16. The lowest BCUT2D eigenvalue weighted by molar-refractivity contribution is 0.601. The normalized spacial score (nSPS) is 11.2. The number of hydrogen-bond donors (Lipinski definition) is 0. The lowest BCUT2D eigenvalue weighted by atomic mass is 10.2. The minimum Gasteiger partial charge on any atom is -0.463 e. The Balaban J connectivity index is 2.01. The van der Waals surface area contributed by atoms with Crippen molar-refractivity contribution in [3.05, 3.63) is 75.6 Å². The Morgan fingerprint density at radius 1 is 1.05 bits per heavy atom. The molecule has 0 fully saturated rings. The first-order chi connectivity index (χ1) is 9.74. The van der Waals surface area contributed by atoms with E-state index >= 15 is 0 Å². The number of rotatable bonds is 2. The molecule has 0 amide bonds. The highest BCUT2D eigenvalue weighted by atomic mass is 35.5. The van der Waals surface area contributed by atoms with Gasteiger partial charge in [0.05, 0.1) is 16.6 Å². The van der Waals surface area contributed by atoms with E-state index in [4.69, 9.17) is 16.0 Å². The Morgan fingerprint density at radius 2 is 1.80 bits per heavy atom. The molecule has 0 N–H and O–H groups in total. The van der Waals surface area contributed by atoms with Gasteiger partial charge in [-0.2, -0.15) is 0 Å². The highest BCUT2D eigenvalue weighted by Gasteiger charge is 2.03. The van der Waals surface area contributed by atoms with E-state index in [0.29, 0.717) is 21.6 Å². The van der Waals surface area contributed by atoms with E-state index in [-0.39, 0.29) is 5.43 Å². The molecule has 0 atom stereocenters. The van der Waals surface area contributed by atoms with Gasteiger partial charge in [-0.3, -0.25) is 9.79 Å². The van der Waals surface area contributed by atoms with E-state index in [9.17, 15) is 4.79 Å². The first-order valence-corrected chi connectivity index (χ1v) is 6.42. The molecule has 4 heteroatoms. The van der Waals surface area contributed by atoms with Crippen molar-refractivity contribution in [1.29, 1.82) is 0 Å². The van der Waals surface area contributed by atoms with Crippen LogP contribution in [-0.2, 0) is 0 Å². The molecule has 0 aliphatic rings. The van der Waals surface area contributed by atoms with Gasteiger partial charge < -0.3 is 4.42 Å². The topological polar surface area (TPSA) is 42.6 Å². The molecule has 0 aliphatic heterocycles. The summed E-state index contributed by atoms with van der Waals surface area (Å²) in [6, 6.07) is 14.2. The summed E-state index contributed by atoms with van der Waals surface area (Å²) in [6.07, 6.45) is 2.92. The van der Waals surface area contributed by atoms with Crippen LogP contribution in [0.15, 0.2) is 69.0 Å². The van der Waals surface area contributed by atoms with E-state index in [1.54, 1.807) is 42.5 Å². The van der Waals surface area contributed by atoms with Crippen LogP contribution in [0.3, 0.4) is 0 Å². The molecule has 1 heterocycles. The summed E-state index contributed by atoms with van der Waals surface area (Å²) in [7, 11) is 0. The Bertz CT molecular complexity index is 835. The van der Waals surface area contributed by atoms with Crippen LogP contribution in [-0.4, -0.2) is 6.21 Å². The smallest absolute Gasteiger partial charge is 0.201 e. The molecule has 3 rings (SSSR count). The van der Waals surface area contributed by atoms with Gasteiger partial charge in [-0.05, 0) is 36.4 Å². The van der Waals surface area contributed by atoms with Crippen molar-refractivity contribution < 1.29 is 4.42 Å². The lowest BCUT2D eigenvalue weighted by Gasteiger charge is -1.97. The molecular weight excluding hydrogens is 274 g/mol. The lowest BCUT2D eigenvalue weighted by Crippen LogP contribution is -2.07. The molecule has 0 radical (unpaired) electrons. The second-order valence-electron chi connectivity index (χ2n) is 4.25. The van der Waals surface area contributed by atoms with Crippen molar-refractivity contribution in [2.45, 2.75) is 0 Å². The van der Waals surface area contributed by atoms with Gasteiger partial charge in [0.15, 0.2) is 0 Å². The molecule has 3 nitrogen and oxygen atoms in total. The van der Waals surface area contributed by atoms with E-state index in [1.165, 1.54) is 12.5 Å². The highest BCUT2D eigenvalue weighted by molar-refractivity contribution is 6.30. The SMILES string of the molecule is O=c1c(C=Nc2ccc(Cl)cc2)coc2ccccc12. The van der Waals surface area contributed by atoms with Gasteiger partial charge >= 0.3 is 0 Å². The second kappa shape index (κ2) is 5.31. The Morgan fingerprint density at radius 3 is 2.60 bits per heavy atom. The Kier molecular flexibility index (Phi) is 3.35. The molecule has 0 unspecified atom stereocenters. The zero-order valence-electron chi connectivity index (χ0n) is 10.4. The van der Waals surface area contributed by atoms with E-state index in [1.807, 2.05) is 6.07 Å². The molecule has 0 bridgehead atoms. The number of benzene rings is 2. The Labute approximate surface area is 120 Å². The maximum atomic E-state index is 12.2. The van der Waals surface area contributed by atoms with Gasteiger partial charge in [-0.1, -0.05) is 23.7 Å². The summed E-state index contributed by atoms with van der Waals surface area (Å²) in [5.41, 5.74) is 1.62. The maximum absolute atomic E-state index is 12.2. The quantitative estimate of drug-likeness (QED) is 0.662. The fraction of sp³-hybridized carbons (Fsp3) is 0. The molecule has 98 valence electrons. The van der Waals surface area contributed by atoms with Crippen LogP contribution in [0.1, 0.15) is 5.56 Å². The third kappa shape index (κ3) is 2.49. The van der Waals surface area contributed by atoms with Gasteiger partial charge in [-0.15, -0.1) is 0 Å². The van der Waals surface area contributed by atoms with Gasteiger partial charge in [0.2, 0.25) is 5.43 Å². The number of nitrogens with zero attached hydrogens (tertiary/aromatic N) is 1. The number of halogens is 1. The average Bonchev–Trinajstić information content (AvgIpc) is 2.49. The van der Waals surface area contributed by atoms with E-state index < -0.39 is 0 Å². The minimum atomic E-state index is -0.0930. The van der Waals surface area contributed by atoms with E-state index in [2.05, 4.69) is 4.99 Å². The number of aliphatic imine (C=N–C) groups is 1. The fourth-order valence-electron chi connectivity index (χ4n) is 1.85. The van der Waals surface area contributed by atoms with Crippen molar-refractivity contribution in [1.82, 2.24) is 0 Å². The number of hydrogen-bond acceptors (Lipinski definition) is 3. The van der Waals surface area contributed by atoms with Gasteiger partial charge in [0.25, 0.3) is 0 Å². The standard InChI is InChI=1S/C16H10ClNO2/c17-12-5-7-13(8-6-12)18-9-11-10-20-15-4-2-1-3-14(15)16(11)19/h1-10H. The van der Waals surface area contributed by atoms with Gasteiger partial charge in [0, 0.05) is 11.2 Å². The van der Waals surface area contributed by atoms with Crippen LogP contribution in [0.25, 0.3) is 11.0 Å². The molecule has 2 aromatic carbocycles. The zero-order chi connectivity index (χ0) is 13.9. The summed E-state index contributed by atoms with van der Waals surface area (Å²) in [5, 5.41) is 1.20. The predicted molar refractivity (Wildman–Crippen MR) is 81.2 cm³/mol. The molecule has 3 aromatic rings. The molecule has 0 spiro atoms. The Hall–Kier alpha value is -2.39. The van der Waals surface area contributed by atoms with Crippen LogP contribution >= 0.6 is 11.6 Å². The van der Waals surface area contributed by atoms with Crippen LogP contribution in [0, 0.1) is 0 Å².